The van der Waals surface area contributed by atoms with Crippen LogP contribution in [-0.4, -0.2) is 19.1 Å². The number of aryl methyl sites for hydroxylation is 2. The van der Waals surface area contributed by atoms with Crippen LogP contribution in [0.1, 0.15) is 53.9 Å². The first-order valence-electron chi connectivity index (χ1n) is 8.73. The average molecular weight is 341 g/mol. The van der Waals surface area contributed by atoms with Crippen LogP contribution in [0.2, 0.25) is 0 Å². The molecule has 134 valence electrons. The second kappa shape index (κ2) is 8.56. The summed E-state index contributed by atoms with van der Waals surface area (Å²) in [6, 6.07) is 11.4. The molecule has 0 aliphatic heterocycles. The predicted octanol–water partition coefficient (Wildman–Crippen LogP) is 4.59. The molecule has 25 heavy (non-hydrogen) atoms. The highest BCUT2D eigenvalue weighted by Crippen LogP contribution is 2.30. The minimum absolute atomic E-state index is 0.0811. The van der Waals surface area contributed by atoms with Gasteiger partial charge in [-0.2, -0.15) is 0 Å². The zero-order valence-corrected chi connectivity index (χ0v) is 15.7. The van der Waals surface area contributed by atoms with E-state index in [0.717, 1.165) is 16.9 Å². The average Bonchev–Trinajstić information content (AvgIpc) is 2.59. The molecular weight excluding hydrogens is 314 g/mol. The molecule has 0 saturated heterocycles. The Kier molecular flexibility index (Phi) is 6.45. The number of carbonyl (C=O) groups is 1. The van der Waals surface area contributed by atoms with Crippen molar-refractivity contribution >= 4 is 5.91 Å². The number of hydrogen-bond acceptors (Lipinski definition) is 3. The van der Waals surface area contributed by atoms with Crippen molar-refractivity contribution < 1.29 is 14.3 Å². The summed E-state index contributed by atoms with van der Waals surface area (Å²) in [4.78, 5) is 12.5. The number of amides is 1. The minimum Gasteiger partial charge on any atom is -0.490 e. The summed E-state index contributed by atoms with van der Waals surface area (Å²) in [5.74, 6) is 1.34. The lowest BCUT2D eigenvalue weighted by molar-refractivity contribution is 0.0939. The van der Waals surface area contributed by atoms with Gasteiger partial charge in [-0.05, 0) is 75.6 Å². The Bertz CT molecular complexity index is 740. The fraction of sp³-hybridized carbons (Fsp3) is 0.381. The number of hydrogen-bond donors (Lipinski definition) is 1. The molecule has 4 nitrogen and oxygen atoms in total. The van der Waals surface area contributed by atoms with Crippen molar-refractivity contribution in [1.82, 2.24) is 5.32 Å². The molecular formula is C21H27NO3. The molecule has 0 aliphatic rings. The second-order valence-electron chi connectivity index (χ2n) is 6.07. The van der Waals surface area contributed by atoms with Gasteiger partial charge in [-0.1, -0.05) is 12.1 Å². The summed E-state index contributed by atoms with van der Waals surface area (Å²) < 4.78 is 11.2. The quantitative estimate of drug-likeness (QED) is 0.801. The van der Waals surface area contributed by atoms with Gasteiger partial charge in [0, 0.05) is 5.56 Å². The molecule has 0 spiro atoms. The molecule has 0 saturated carbocycles. The fourth-order valence-electron chi connectivity index (χ4n) is 2.58. The van der Waals surface area contributed by atoms with Crippen LogP contribution < -0.4 is 14.8 Å². The van der Waals surface area contributed by atoms with Gasteiger partial charge in [0.05, 0.1) is 19.3 Å². The molecule has 0 bridgehead atoms. The molecule has 2 rings (SSSR count). The Morgan fingerprint density at radius 2 is 1.64 bits per heavy atom. The third-order valence-corrected chi connectivity index (χ3v) is 4.18. The summed E-state index contributed by atoms with van der Waals surface area (Å²) in [5, 5.41) is 3.04. The monoisotopic (exact) mass is 341 g/mol. The van der Waals surface area contributed by atoms with E-state index in [9.17, 15) is 4.79 Å². The molecule has 4 heteroatoms. The minimum atomic E-state index is -0.135. The number of nitrogens with one attached hydrogen (secondary N) is 1. The van der Waals surface area contributed by atoms with Crippen LogP contribution in [0.25, 0.3) is 0 Å². The van der Waals surface area contributed by atoms with E-state index in [2.05, 4.69) is 5.32 Å². The SMILES string of the molecule is CCOc1ccc(C(C)NC(=O)c2ccc(C)c(C)c2)cc1OCC. The van der Waals surface area contributed by atoms with Crippen LogP contribution in [0.15, 0.2) is 36.4 Å². The van der Waals surface area contributed by atoms with E-state index in [-0.39, 0.29) is 11.9 Å². The molecule has 0 fully saturated rings. The number of carbonyl (C=O) groups excluding carboxylic acids is 1. The van der Waals surface area contributed by atoms with Crippen LogP contribution >= 0.6 is 0 Å². The van der Waals surface area contributed by atoms with Gasteiger partial charge < -0.3 is 14.8 Å². The van der Waals surface area contributed by atoms with Crippen molar-refractivity contribution in [3.8, 4) is 11.5 Å². The zero-order valence-electron chi connectivity index (χ0n) is 15.7. The molecule has 0 heterocycles. The largest absolute Gasteiger partial charge is 0.490 e. The predicted molar refractivity (Wildman–Crippen MR) is 101 cm³/mol. The van der Waals surface area contributed by atoms with Crippen molar-refractivity contribution in [3.63, 3.8) is 0 Å². The Hall–Kier alpha value is -2.49. The molecule has 0 aromatic heterocycles. The Labute approximate surface area is 150 Å². The number of rotatable bonds is 7. The van der Waals surface area contributed by atoms with E-state index < -0.39 is 0 Å². The first kappa shape index (κ1) is 18.8. The summed E-state index contributed by atoms with van der Waals surface area (Å²) in [6.45, 7) is 11.0. The van der Waals surface area contributed by atoms with Crippen molar-refractivity contribution in [2.24, 2.45) is 0 Å². The fourth-order valence-corrected chi connectivity index (χ4v) is 2.58. The Morgan fingerprint density at radius 1 is 0.960 bits per heavy atom. The van der Waals surface area contributed by atoms with E-state index in [0.29, 0.717) is 24.5 Å². The van der Waals surface area contributed by atoms with E-state index in [1.165, 1.54) is 5.56 Å². The maximum atomic E-state index is 12.5. The zero-order chi connectivity index (χ0) is 18.4. The Balaban J connectivity index is 2.16. The second-order valence-corrected chi connectivity index (χ2v) is 6.07. The van der Waals surface area contributed by atoms with Crippen molar-refractivity contribution in [2.75, 3.05) is 13.2 Å². The van der Waals surface area contributed by atoms with Crippen molar-refractivity contribution in [3.05, 3.63) is 58.7 Å². The standard InChI is InChI=1S/C21H27NO3/c1-6-24-19-11-10-17(13-20(19)25-7-2)16(5)22-21(23)18-9-8-14(3)15(4)12-18/h8-13,16H,6-7H2,1-5H3,(H,22,23). The topological polar surface area (TPSA) is 47.6 Å². The molecule has 1 amide bonds. The van der Waals surface area contributed by atoms with E-state index in [1.807, 2.05) is 71.0 Å². The highest BCUT2D eigenvalue weighted by molar-refractivity contribution is 5.94. The van der Waals surface area contributed by atoms with Gasteiger partial charge in [0.2, 0.25) is 0 Å². The lowest BCUT2D eigenvalue weighted by Gasteiger charge is -2.18. The Morgan fingerprint density at radius 3 is 2.28 bits per heavy atom. The van der Waals surface area contributed by atoms with Gasteiger partial charge in [0.1, 0.15) is 0 Å². The molecule has 0 radical (unpaired) electrons. The third-order valence-electron chi connectivity index (χ3n) is 4.18. The van der Waals surface area contributed by atoms with Crippen LogP contribution in [0.3, 0.4) is 0 Å². The van der Waals surface area contributed by atoms with Crippen molar-refractivity contribution in [2.45, 2.75) is 40.7 Å². The van der Waals surface area contributed by atoms with Gasteiger partial charge in [-0.3, -0.25) is 4.79 Å². The van der Waals surface area contributed by atoms with Gasteiger partial charge in [-0.15, -0.1) is 0 Å². The first-order chi connectivity index (χ1) is 12.0. The van der Waals surface area contributed by atoms with Gasteiger partial charge in [0.25, 0.3) is 5.91 Å². The van der Waals surface area contributed by atoms with Crippen LogP contribution in [0.5, 0.6) is 11.5 Å². The molecule has 0 aliphatic carbocycles. The van der Waals surface area contributed by atoms with E-state index in [1.54, 1.807) is 0 Å². The summed E-state index contributed by atoms with van der Waals surface area (Å²) in [7, 11) is 0. The van der Waals surface area contributed by atoms with Crippen molar-refractivity contribution in [1.29, 1.82) is 0 Å². The summed E-state index contributed by atoms with van der Waals surface area (Å²) in [6.07, 6.45) is 0. The molecule has 2 aromatic carbocycles. The smallest absolute Gasteiger partial charge is 0.251 e. The normalized spacial score (nSPS) is 11.7. The van der Waals surface area contributed by atoms with Gasteiger partial charge >= 0.3 is 0 Å². The molecule has 1 atom stereocenters. The highest BCUT2D eigenvalue weighted by atomic mass is 16.5. The van der Waals surface area contributed by atoms with E-state index >= 15 is 0 Å². The number of benzene rings is 2. The first-order valence-corrected chi connectivity index (χ1v) is 8.73. The molecule has 1 unspecified atom stereocenters. The van der Waals surface area contributed by atoms with Crippen LogP contribution in [-0.2, 0) is 0 Å². The summed E-state index contributed by atoms with van der Waals surface area (Å²) in [5.41, 5.74) is 3.94. The van der Waals surface area contributed by atoms with E-state index in [4.69, 9.17) is 9.47 Å². The van der Waals surface area contributed by atoms with Gasteiger partial charge in [-0.25, -0.2) is 0 Å². The number of ether oxygens (including phenoxy) is 2. The molecule has 2 aromatic rings. The molecule has 1 N–H and O–H groups in total. The van der Waals surface area contributed by atoms with Crippen LogP contribution in [0.4, 0.5) is 0 Å². The summed E-state index contributed by atoms with van der Waals surface area (Å²) >= 11 is 0. The highest BCUT2D eigenvalue weighted by Gasteiger charge is 2.14. The lowest BCUT2D eigenvalue weighted by atomic mass is 10.0. The maximum Gasteiger partial charge on any atom is 0.251 e. The third kappa shape index (κ3) is 4.75. The van der Waals surface area contributed by atoms with Gasteiger partial charge in [0.15, 0.2) is 11.5 Å². The van der Waals surface area contributed by atoms with Crippen LogP contribution in [0, 0.1) is 13.8 Å². The maximum absolute atomic E-state index is 12.5. The lowest BCUT2D eigenvalue weighted by Crippen LogP contribution is -2.26.